The lowest BCUT2D eigenvalue weighted by Crippen LogP contribution is -2.00. The Balaban J connectivity index is 2.74. The van der Waals surface area contributed by atoms with E-state index in [2.05, 4.69) is 37.0 Å². The van der Waals surface area contributed by atoms with Gasteiger partial charge >= 0.3 is 0 Å². The quantitative estimate of drug-likeness (QED) is 0.745. The van der Waals surface area contributed by atoms with Crippen LogP contribution >= 0.6 is 0 Å². The largest absolute Gasteiger partial charge is 0.397 e. The van der Waals surface area contributed by atoms with Crippen LogP contribution in [0.3, 0.4) is 0 Å². The van der Waals surface area contributed by atoms with Gasteiger partial charge in [0.2, 0.25) is 0 Å². The highest BCUT2D eigenvalue weighted by Gasteiger charge is 2.06. The molecular weight excluding hydrogens is 196 g/mol. The summed E-state index contributed by atoms with van der Waals surface area (Å²) in [5.41, 5.74) is 9.83. The molecule has 0 aromatic heterocycles. The number of allylic oxidation sites excluding steroid dienone is 1. The van der Waals surface area contributed by atoms with Crippen LogP contribution in [-0.2, 0) is 0 Å². The molecule has 0 heterocycles. The van der Waals surface area contributed by atoms with Gasteiger partial charge in [0.05, 0.1) is 11.4 Å². The third kappa shape index (κ3) is 1.74. The Bertz CT molecular complexity index is 556. The fourth-order valence-electron chi connectivity index (χ4n) is 1.88. The molecule has 0 aliphatic rings. The zero-order chi connectivity index (χ0) is 11.7. The maximum atomic E-state index is 5.98. The Morgan fingerprint density at radius 3 is 2.62 bits per heavy atom. The van der Waals surface area contributed by atoms with E-state index in [1.807, 2.05) is 19.1 Å². The average molecular weight is 212 g/mol. The number of hydrogen-bond acceptors (Lipinski definition) is 2. The van der Waals surface area contributed by atoms with Crippen molar-refractivity contribution in [1.29, 1.82) is 0 Å². The van der Waals surface area contributed by atoms with E-state index >= 15 is 0 Å². The lowest BCUT2D eigenvalue weighted by Gasteiger charge is -2.13. The minimum Gasteiger partial charge on any atom is -0.397 e. The van der Waals surface area contributed by atoms with Gasteiger partial charge in [-0.2, -0.15) is 0 Å². The number of aryl methyl sites for hydroxylation is 1. The SMILES string of the molecule is C=C(C)Nc1c(N)ccc2c(C)cccc12. The van der Waals surface area contributed by atoms with Crippen LogP contribution < -0.4 is 11.1 Å². The summed E-state index contributed by atoms with van der Waals surface area (Å²) in [6.07, 6.45) is 0. The molecule has 2 rings (SSSR count). The van der Waals surface area contributed by atoms with Crippen molar-refractivity contribution < 1.29 is 0 Å². The van der Waals surface area contributed by atoms with Crippen molar-refractivity contribution in [2.75, 3.05) is 11.1 Å². The zero-order valence-corrected chi connectivity index (χ0v) is 9.67. The first kappa shape index (κ1) is 10.6. The van der Waals surface area contributed by atoms with Gasteiger partial charge < -0.3 is 11.1 Å². The smallest absolute Gasteiger partial charge is 0.0694 e. The van der Waals surface area contributed by atoms with Crippen LogP contribution in [0.1, 0.15) is 12.5 Å². The van der Waals surface area contributed by atoms with Crippen LogP contribution in [-0.4, -0.2) is 0 Å². The van der Waals surface area contributed by atoms with Gasteiger partial charge in [-0.15, -0.1) is 0 Å². The Hall–Kier alpha value is -1.96. The third-order valence-corrected chi connectivity index (χ3v) is 2.65. The number of nitrogen functional groups attached to an aromatic ring is 1. The number of nitrogens with two attached hydrogens (primary N) is 1. The zero-order valence-electron chi connectivity index (χ0n) is 9.67. The molecule has 2 aromatic rings. The first-order valence-electron chi connectivity index (χ1n) is 5.30. The van der Waals surface area contributed by atoms with E-state index < -0.39 is 0 Å². The van der Waals surface area contributed by atoms with Crippen LogP contribution in [0.4, 0.5) is 11.4 Å². The average Bonchev–Trinajstić information content (AvgIpc) is 2.22. The fourth-order valence-corrected chi connectivity index (χ4v) is 1.88. The molecule has 0 saturated carbocycles. The number of fused-ring (bicyclic) bond motifs is 1. The number of hydrogen-bond donors (Lipinski definition) is 2. The van der Waals surface area contributed by atoms with E-state index in [9.17, 15) is 0 Å². The summed E-state index contributed by atoms with van der Waals surface area (Å²) >= 11 is 0. The molecule has 2 nitrogen and oxygen atoms in total. The van der Waals surface area contributed by atoms with E-state index in [4.69, 9.17) is 5.73 Å². The molecule has 0 amide bonds. The Morgan fingerprint density at radius 1 is 1.19 bits per heavy atom. The first-order valence-corrected chi connectivity index (χ1v) is 5.30. The molecule has 82 valence electrons. The summed E-state index contributed by atoms with van der Waals surface area (Å²) in [5.74, 6) is 0. The maximum absolute atomic E-state index is 5.98. The number of nitrogens with one attached hydrogen (secondary N) is 1. The van der Waals surface area contributed by atoms with Crippen molar-refractivity contribution in [3.05, 3.63) is 48.2 Å². The molecule has 0 fully saturated rings. The Morgan fingerprint density at radius 2 is 1.94 bits per heavy atom. The van der Waals surface area contributed by atoms with E-state index in [1.165, 1.54) is 10.9 Å². The van der Waals surface area contributed by atoms with Crippen molar-refractivity contribution in [2.24, 2.45) is 0 Å². The van der Waals surface area contributed by atoms with Crippen LogP contribution in [0.5, 0.6) is 0 Å². The number of benzene rings is 2. The summed E-state index contributed by atoms with van der Waals surface area (Å²) in [4.78, 5) is 0. The highest BCUT2D eigenvalue weighted by molar-refractivity contribution is 6.01. The molecule has 0 bridgehead atoms. The maximum Gasteiger partial charge on any atom is 0.0694 e. The fraction of sp³-hybridized carbons (Fsp3) is 0.143. The molecule has 0 atom stereocenters. The molecule has 3 N–H and O–H groups in total. The second kappa shape index (κ2) is 3.89. The topological polar surface area (TPSA) is 38.0 Å². The minimum atomic E-state index is 0.751. The van der Waals surface area contributed by atoms with E-state index in [0.29, 0.717) is 0 Å². The Kier molecular flexibility index (Phi) is 2.57. The molecule has 2 aromatic carbocycles. The van der Waals surface area contributed by atoms with Crippen LogP contribution in [0, 0.1) is 6.92 Å². The molecule has 16 heavy (non-hydrogen) atoms. The summed E-state index contributed by atoms with van der Waals surface area (Å²) in [5, 5.41) is 5.59. The molecule has 0 unspecified atom stereocenters. The van der Waals surface area contributed by atoms with Crippen molar-refractivity contribution in [3.63, 3.8) is 0 Å². The molecule has 0 radical (unpaired) electrons. The molecule has 0 saturated heterocycles. The monoisotopic (exact) mass is 212 g/mol. The van der Waals surface area contributed by atoms with Gasteiger partial charge in [-0.1, -0.05) is 30.8 Å². The molecular formula is C14H16N2. The van der Waals surface area contributed by atoms with Gasteiger partial charge in [0.1, 0.15) is 0 Å². The van der Waals surface area contributed by atoms with E-state index in [0.717, 1.165) is 22.5 Å². The van der Waals surface area contributed by atoms with E-state index in [1.54, 1.807) is 0 Å². The molecule has 0 spiro atoms. The summed E-state index contributed by atoms with van der Waals surface area (Å²) < 4.78 is 0. The summed E-state index contributed by atoms with van der Waals surface area (Å²) in [7, 11) is 0. The first-order chi connectivity index (χ1) is 7.59. The van der Waals surface area contributed by atoms with Crippen LogP contribution in [0.2, 0.25) is 0 Å². The molecule has 0 aliphatic carbocycles. The van der Waals surface area contributed by atoms with Crippen LogP contribution in [0.15, 0.2) is 42.6 Å². The highest BCUT2D eigenvalue weighted by atomic mass is 14.9. The molecule has 2 heteroatoms. The number of anilines is 2. The summed E-state index contributed by atoms with van der Waals surface area (Å²) in [6, 6.07) is 10.2. The van der Waals surface area contributed by atoms with Gasteiger partial charge in [-0.05, 0) is 30.9 Å². The standard InChI is InChI=1S/C14H16N2/c1-9(2)16-14-12-6-4-5-10(3)11(12)7-8-13(14)15/h4-8,16H,1,15H2,2-3H3. The van der Waals surface area contributed by atoms with Gasteiger partial charge in [0.25, 0.3) is 0 Å². The third-order valence-electron chi connectivity index (χ3n) is 2.65. The van der Waals surface area contributed by atoms with Crippen molar-refractivity contribution in [1.82, 2.24) is 0 Å². The summed E-state index contributed by atoms with van der Waals surface area (Å²) in [6.45, 7) is 7.88. The van der Waals surface area contributed by atoms with Gasteiger partial charge in [0.15, 0.2) is 0 Å². The lowest BCUT2D eigenvalue weighted by molar-refractivity contribution is 1.41. The molecule has 0 aliphatic heterocycles. The second-order valence-electron chi connectivity index (χ2n) is 4.11. The predicted molar refractivity (Wildman–Crippen MR) is 71.5 cm³/mol. The van der Waals surface area contributed by atoms with Crippen LogP contribution in [0.25, 0.3) is 10.8 Å². The van der Waals surface area contributed by atoms with Crippen molar-refractivity contribution in [3.8, 4) is 0 Å². The predicted octanol–water partition coefficient (Wildman–Crippen LogP) is 3.68. The van der Waals surface area contributed by atoms with Gasteiger partial charge in [-0.3, -0.25) is 0 Å². The van der Waals surface area contributed by atoms with E-state index in [-0.39, 0.29) is 0 Å². The Labute approximate surface area is 95.8 Å². The van der Waals surface area contributed by atoms with Crippen molar-refractivity contribution in [2.45, 2.75) is 13.8 Å². The minimum absolute atomic E-state index is 0.751. The lowest BCUT2D eigenvalue weighted by atomic mass is 10.0. The normalized spacial score (nSPS) is 10.4. The second-order valence-corrected chi connectivity index (χ2v) is 4.11. The van der Waals surface area contributed by atoms with Gasteiger partial charge in [0, 0.05) is 11.1 Å². The van der Waals surface area contributed by atoms with Gasteiger partial charge in [-0.25, -0.2) is 0 Å². The highest BCUT2D eigenvalue weighted by Crippen LogP contribution is 2.31. The number of rotatable bonds is 2. The van der Waals surface area contributed by atoms with Crippen molar-refractivity contribution >= 4 is 22.1 Å².